The predicted molar refractivity (Wildman–Crippen MR) is 70.4 cm³/mol. The average Bonchev–Trinajstić information content (AvgIpc) is 2.79. The van der Waals surface area contributed by atoms with Crippen molar-refractivity contribution < 1.29 is 14.6 Å². The minimum absolute atomic E-state index is 0.226. The number of nitrogens with zero attached hydrogens (tertiary/aromatic N) is 1. The highest BCUT2D eigenvalue weighted by Gasteiger charge is 2.31. The SMILES string of the molecule is COc1ccc([C@H]2CN(C)C[C@H]2CO)cc1OC. The molecular weight excluding hydrogens is 230 g/mol. The maximum absolute atomic E-state index is 9.46. The second kappa shape index (κ2) is 5.59. The Bertz CT molecular complexity index is 408. The van der Waals surface area contributed by atoms with Gasteiger partial charge in [-0.2, -0.15) is 0 Å². The number of ether oxygens (including phenoxy) is 2. The lowest BCUT2D eigenvalue weighted by atomic mass is 9.89. The van der Waals surface area contributed by atoms with E-state index in [1.807, 2.05) is 12.1 Å². The highest BCUT2D eigenvalue weighted by Crippen LogP contribution is 2.36. The molecular formula is C14H21NO3. The van der Waals surface area contributed by atoms with E-state index in [4.69, 9.17) is 9.47 Å². The molecule has 0 saturated carbocycles. The van der Waals surface area contributed by atoms with Gasteiger partial charge in [0.15, 0.2) is 11.5 Å². The first-order valence-electron chi connectivity index (χ1n) is 6.21. The van der Waals surface area contributed by atoms with Crippen LogP contribution in [0.15, 0.2) is 18.2 Å². The molecule has 1 aliphatic heterocycles. The fraction of sp³-hybridized carbons (Fsp3) is 0.571. The maximum atomic E-state index is 9.46. The molecule has 1 saturated heterocycles. The Morgan fingerprint density at radius 2 is 1.94 bits per heavy atom. The Labute approximate surface area is 108 Å². The maximum Gasteiger partial charge on any atom is 0.160 e. The number of hydrogen-bond acceptors (Lipinski definition) is 4. The molecule has 2 rings (SSSR count). The Kier molecular flexibility index (Phi) is 4.09. The van der Waals surface area contributed by atoms with Crippen LogP contribution in [0.2, 0.25) is 0 Å². The van der Waals surface area contributed by atoms with Gasteiger partial charge in [0.1, 0.15) is 0 Å². The second-order valence-electron chi connectivity index (χ2n) is 4.88. The molecule has 0 bridgehead atoms. The molecule has 0 aliphatic carbocycles. The highest BCUT2D eigenvalue weighted by molar-refractivity contribution is 5.44. The second-order valence-corrected chi connectivity index (χ2v) is 4.88. The van der Waals surface area contributed by atoms with Crippen LogP contribution in [-0.4, -0.2) is 51.0 Å². The third-order valence-electron chi connectivity index (χ3n) is 3.69. The Balaban J connectivity index is 2.27. The van der Waals surface area contributed by atoms with Gasteiger partial charge < -0.3 is 19.5 Å². The lowest BCUT2D eigenvalue weighted by Crippen LogP contribution is -2.15. The Hall–Kier alpha value is -1.26. The van der Waals surface area contributed by atoms with Crippen LogP contribution in [0.1, 0.15) is 11.5 Å². The fourth-order valence-electron chi connectivity index (χ4n) is 2.73. The van der Waals surface area contributed by atoms with Gasteiger partial charge in [-0.25, -0.2) is 0 Å². The number of hydrogen-bond donors (Lipinski definition) is 1. The summed E-state index contributed by atoms with van der Waals surface area (Å²) < 4.78 is 10.6. The van der Waals surface area contributed by atoms with Crippen molar-refractivity contribution >= 4 is 0 Å². The molecule has 1 N–H and O–H groups in total. The molecule has 100 valence electrons. The monoisotopic (exact) mass is 251 g/mol. The third kappa shape index (κ3) is 2.44. The van der Waals surface area contributed by atoms with Gasteiger partial charge >= 0.3 is 0 Å². The summed E-state index contributed by atoms with van der Waals surface area (Å²) in [6.07, 6.45) is 0. The topological polar surface area (TPSA) is 41.9 Å². The van der Waals surface area contributed by atoms with Crippen molar-refractivity contribution in [1.82, 2.24) is 4.90 Å². The summed E-state index contributed by atoms with van der Waals surface area (Å²) in [4.78, 5) is 2.25. The molecule has 4 heteroatoms. The highest BCUT2D eigenvalue weighted by atomic mass is 16.5. The van der Waals surface area contributed by atoms with Crippen molar-refractivity contribution in [1.29, 1.82) is 0 Å². The minimum atomic E-state index is 0.226. The van der Waals surface area contributed by atoms with Crippen LogP contribution in [0.4, 0.5) is 0 Å². The lowest BCUT2D eigenvalue weighted by Gasteiger charge is -2.18. The summed E-state index contributed by atoms with van der Waals surface area (Å²) in [6, 6.07) is 6.01. The zero-order valence-electron chi connectivity index (χ0n) is 11.2. The number of likely N-dealkylation sites (N-methyl/N-ethyl adjacent to an activating group) is 1. The molecule has 0 aromatic heterocycles. The predicted octanol–water partition coefficient (Wildman–Crippen LogP) is 1.34. The van der Waals surface area contributed by atoms with Gasteiger partial charge in [-0.15, -0.1) is 0 Å². The van der Waals surface area contributed by atoms with E-state index in [0.717, 1.165) is 24.6 Å². The lowest BCUT2D eigenvalue weighted by molar-refractivity contribution is 0.219. The fourth-order valence-corrected chi connectivity index (χ4v) is 2.73. The Morgan fingerprint density at radius 1 is 1.22 bits per heavy atom. The van der Waals surface area contributed by atoms with Crippen molar-refractivity contribution in [3.8, 4) is 11.5 Å². The summed E-state index contributed by atoms with van der Waals surface area (Å²) in [7, 11) is 5.37. The van der Waals surface area contributed by atoms with Crippen LogP contribution in [-0.2, 0) is 0 Å². The number of benzene rings is 1. The summed E-state index contributed by atoms with van der Waals surface area (Å²) in [5.41, 5.74) is 1.20. The summed E-state index contributed by atoms with van der Waals surface area (Å²) in [6.45, 7) is 2.14. The van der Waals surface area contributed by atoms with E-state index in [-0.39, 0.29) is 6.61 Å². The minimum Gasteiger partial charge on any atom is -0.493 e. The van der Waals surface area contributed by atoms with Crippen LogP contribution in [0.25, 0.3) is 0 Å². The molecule has 4 nitrogen and oxygen atoms in total. The van der Waals surface area contributed by atoms with Gasteiger partial charge in [-0.1, -0.05) is 6.07 Å². The van der Waals surface area contributed by atoms with Crippen molar-refractivity contribution in [2.75, 3.05) is 41.0 Å². The first kappa shape index (κ1) is 13.2. The molecule has 0 amide bonds. The van der Waals surface area contributed by atoms with E-state index >= 15 is 0 Å². The number of aliphatic hydroxyl groups excluding tert-OH is 1. The molecule has 0 spiro atoms. The summed E-state index contributed by atoms with van der Waals surface area (Å²) in [5, 5.41) is 9.46. The zero-order valence-corrected chi connectivity index (χ0v) is 11.2. The number of aliphatic hydroxyl groups is 1. The van der Waals surface area contributed by atoms with Crippen molar-refractivity contribution in [2.24, 2.45) is 5.92 Å². The molecule has 0 unspecified atom stereocenters. The number of methoxy groups -OCH3 is 2. The summed E-state index contributed by atoms with van der Waals surface area (Å²) >= 11 is 0. The van der Waals surface area contributed by atoms with Crippen LogP contribution in [0, 0.1) is 5.92 Å². The van der Waals surface area contributed by atoms with Gasteiger partial charge in [-0.05, 0) is 24.7 Å². The molecule has 1 aliphatic rings. The van der Waals surface area contributed by atoms with Gasteiger partial charge in [-0.3, -0.25) is 0 Å². The van der Waals surface area contributed by atoms with Crippen LogP contribution >= 0.6 is 0 Å². The third-order valence-corrected chi connectivity index (χ3v) is 3.69. The van der Waals surface area contributed by atoms with Crippen molar-refractivity contribution in [3.05, 3.63) is 23.8 Å². The van der Waals surface area contributed by atoms with Gasteiger partial charge in [0.05, 0.1) is 14.2 Å². The molecule has 2 atom stereocenters. The first-order chi connectivity index (χ1) is 8.69. The molecule has 1 aromatic carbocycles. The van der Waals surface area contributed by atoms with E-state index < -0.39 is 0 Å². The van der Waals surface area contributed by atoms with Gasteiger partial charge in [0, 0.05) is 31.5 Å². The van der Waals surface area contributed by atoms with E-state index in [2.05, 4.69) is 18.0 Å². The largest absolute Gasteiger partial charge is 0.493 e. The van der Waals surface area contributed by atoms with Crippen LogP contribution in [0.5, 0.6) is 11.5 Å². The molecule has 1 fully saturated rings. The molecule has 0 radical (unpaired) electrons. The standard InChI is InChI=1S/C14H21NO3/c1-15-7-11(9-16)12(8-15)10-4-5-13(17-2)14(6-10)18-3/h4-6,11-12,16H,7-9H2,1-3H3/t11-,12+/m0/s1. The zero-order chi connectivity index (χ0) is 13.1. The van der Waals surface area contributed by atoms with E-state index in [1.54, 1.807) is 14.2 Å². The Morgan fingerprint density at radius 3 is 2.56 bits per heavy atom. The van der Waals surface area contributed by atoms with Gasteiger partial charge in [0.25, 0.3) is 0 Å². The normalized spacial score (nSPS) is 24.2. The van der Waals surface area contributed by atoms with Gasteiger partial charge in [0.2, 0.25) is 0 Å². The molecule has 18 heavy (non-hydrogen) atoms. The average molecular weight is 251 g/mol. The van der Waals surface area contributed by atoms with Crippen LogP contribution < -0.4 is 9.47 Å². The van der Waals surface area contributed by atoms with E-state index in [9.17, 15) is 5.11 Å². The quantitative estimate of drug-likeness (QED) is 0.877. The van der Waals surface area contributed by atoms with Crippen molar-refractivity contribution in [2.45, 2.75) is 5.92 Å². The van der Waals surface area contributed by atoms with E-state index in [0.29, 0.717) is 11.8 Å². The van der Waals surface area contributed by atoms with Crippen molar-refractivity contribution in [3.63, 3.8) is 0 Å². The first-order valence-corrected chi connectivity index (χ1v) is 6.21. The number of rotatable bonds is 4. The summed E-state index contributed by atoms with van der Waals surface area (Å²) in [5.74, 6) is 2.15. The van der Waals surface area contributed by atoms with Crippen LogP contribution in [0.3, 0.4) is 0 Å². The smallest absolute Gasteiger partial charge is 0.160 e. The number of likely N-dealkylation sites (tertiary alicyclic amines) is 1. The van der Waals surface area contributed by atoms with E-state index in [1.165, 1.54) is 5.56 Å². The molecule has 1 heterocycles. The molecule has 1 aromatic rings.